The van der Waals surface area contributed by atoms with Crippen LogP contribution in [0.3, 0.4) is 0 Å². The summed E-state index contributed by atoms with van der Waals surface area (Å²) in [6.45, 7) is -1.11. The lowest BCUT2D eigenvalue weighted by atomic mass is 9.95. The Bertz CT molecular complexity index is 402. The number of aliphatic hydroxyl groups excluding tert-OH is 6. The first-order valence-electron chi connectivity index (χ1n) is 7.68. The van der Waals surface area contributed by atoms with Gasteiger partial charge in [-0.2, -0.15) is 0 Å². The molecule has 0 aromatic heterocycles. The van der Waals surface area contributed by atoms with Crippen LogP contribution in [0.15, 0.2) is 0 Å². The van der Waals surface area contributed by atoms with Gasteiger partial charge in [-0.25, -0.2) is 0 Å². The average molecular weight is 354 g/mol. The van der Waals surface area contributed by atoms with Crippen molar-refractivity contribution in [3.8, 4) is 0 Å². The van der Waals surface area contributed by atoms with Crippen molar-refractivity contribution in [2.45, 2.75) is 61.3 Å². The number of hydrogen-bond acceptors (Lipinski definition) is 11. The lowest BCUT2D eigenvalue weighted by Crippen LogP contribution is -2.67. The monoisotopic (exact) mass is 354 g/mol. The Balaban J connectivity index is 2.16. The van der Waals surface area contributed by atoms with E-state index in [1.807, 2.05) is 0 Å². The van der Waals surface area contributed by atoms with Crippen molar-refractivity contribution in [1.82, 2.24) is 5.32 Å². The third-order valence-corrected chi connectivity index (χ3v) is 4.43. The first-order chi connectivity index (χ1) is 11.3. The second-order valence-corrected chi connectivity index (χ2v) is 5.94. The Hall–Kier alpha value is -0.440. The zero-order valence-electron chi connectivity index (χ0n) is 13.2. The van der Waals surface area contributed by atoms with Crippen molar-refractivity contribution in [1.29, 1.82) is 0 Å². The van der Waals surface area contributed by atoms with Crippen molar-refractivity contribution < 1.29 is 44.8 Å². The van der Waals surface area contributed by atoms with E-state index in [2.05, 4.69) is 5.32 Å². The molecule has 0 saturated carbocycles. The fourth-order valence-corrected chi connectivity index (χ4v) is 2.93. The maximum absolute atomic E-state index is 10.2. The van der Waals surface area contributed by atoms with E-state index in [9.17, 15) is 30.6 Å². The molecule has 0 amide bonds. The van der Waals surface area contributed by atoms with Gasteiger partial charge in [0.1, 0.15) is 36.6 Å². The third-order valence-electron chi connectivity index (χ3n) is 4.43. The molecule has 0 aromatic carbocycles. The molecule has 0 spiro atoms. The summed E-state index contributed by atoms with van der Waals surface area (Å²) in [6, 6.07) is -2.05. The normalized spacial score (nSPS) is 50.0. The molecular weight excluding hydrogens is 328 g/mol. The van der Waals surface area contributed by atoms with Gasteiger partial charge in [-0.3, -0.25) is 0 Å². The van der Waals surface area contributed by atoms with Crippen molar-refractivity contribution in [2.24, 2.45) is 5.73 Å². The highest BCUT2D eigenvalue weighted by Crippen LogP contribution is 2.27. The fourth-order valence-electron chi connectivity index (χ4n) is 2.93. The number of rotatable bonds is 5. The van der Waals surface area contributed by atoms with E-state index < -0.39 is 74.5 Å². The quantitative estimate of drug-likeness (QED) is 0.236. The van der Waals surface area contributed by atoms with Crippen LogP contribution in [0.1, 0.15) is 0 Å². The van der Waals surface area contributed by atoms with E-state index in [1.165, 1.54) is 7.05 Å². The number of hydrogen-bond donors (Lipinski definition) is 8. The molecule has 10 atom stereocenters. The topological polar surface area (TPSA) is 187 Å². The number of aliphatic hydroxyl groups is 6. The minimum absolute atomic E-state index is 0.556. The second kappa shape index (κ2) is 8.29. The SMILES string of the molecule is CN[C@H]1C(O)[C@H](O)C(CO)O[C@H]1O[C@H]1C(O)C(N)[C@@H](O)O[C@H]1CO. The van der Waals surface area contributed by atoms with Gasteiger partial charge in [0.15, 0.2) is 12.6 Å². The maximum Gasteiger partial charge on any atom is 0.176 e. The van der Waals surface area contributed by atoms with Gasteiger partial charge in [-0.15, -0.1) is 0 Å². The number of likely N-dealkylation sites (N-methyl/N-ethyl adjacent to an activating group) is 1. The maximum atomic E-state index is 10.2. The lowest BCUT2D eigenvalue weighted by molar-refractivity contribution is -0.326. The minimum atomic E-state index is -1.47. The van der Waals surface area contributed by atoms with E-state index in [0.29, 0.717) is 0 Å². The fraction of sp³-hybridized carbons (Fsp3) is 1.00. The largest absolute Gasteiger partial charge is 0.394 e. The van der Waals surface area contributed by atoms with Crippen LogP contribution in [0, 0.1) is 0 Å². The van der Waals surface area contributed by atoms with E-state index in [1.54, 1.807) is 0 Å². The number of nitrogens with two attached hydrogens (primary N) is 1. The lowest BCUT2D eigenvalue weighted by Gasteiger charge is -2.46. The van der Waals surface area contributed by atoms with E-state index >= 15 is 0 Å². The molecule has 0 aromatic rings. The van der Waals surface area contributed by atoms with E-state index in [-0.39, 0.29) is 0 Å². The zero-order chi connectivity index (χ0) is 18.0. The molecule has 24 heavy (non-hydrogen) atoms. The van der Waals surface area contributed by atoms with Gasteiger partial charge in [0.25, 0.3) is 0 Å². The molecule has 0 bridgehead atoms. The zero-order valence-corrected chi connectivity index (χ0v) is 13.2. The highest BCUT2D eigenvalue weighted by atomic mass is 16.7. The minimum Gasteiger partial charge on any atom is -0.394 e. The molecule has 2 aliphatic rings. The second-order valence-electron chi connectivity index (χ2n) is 5.94. The molecule has 2 aliphatic heterocycles. The van der Waals surface area contributed by atoms with Gasteiger partial charge >= 0.3 is 0 Å². The molecule has 9 N–H and O–H groups in total. The predicted molar refractivity (Wildman–Crippen MR) is 77.4 cm³/mol. The molecule has 142 valence electrons. The highest BCUT2D eigenvalue weighted by molar-refractivity contribution is 4.96. The standard InChI is InChI=1S/C13H26N2O9/c1-15-7-10(20)8(18)4(2-16)23-13(7)24-11-5(3-17)22-12(21)6(14)9(11)19/h4-13,15-21H,2-3,14H2,1H3/t4?,5-,6?,7-,8+,9?,10?,11+,12-,13-/m0/s1. The van der Waals surface area contributed by atoms with Crippen LogP contribution in [-0.4, -0.2) is 112 Å². The van der Waals surface area contributed by atoms with Gasteiger partial charge in [0.2, 0.25) is 0 Å². The van der Waals surface area contributed by atoms with Crippen LogP contribution in [0.25, 0.3) is 0 Å². The number of ether oxygens (including phenoxy) is 3. The van der Waals surface area contributed by atoms with Gasteiger partial charge in [0.05, 0.1) is 25.3 Å². The van der Waals surface area contributed by atoms with Crippen LogP contribution >= 0.6 is 0 Å². The van der Waals surface area contributed by atoms with Gasteiger partial charge < -0.3 is 55.9 Å². The summed E-state index contributed by atoms with van der Waals surface area (Å²) < 4.78 is 16.2. The third kappa shape index (κ3) is 3.71. The Morgan fingerprint density at radius 2 is 1.58 bits per heavy atom. The average Bonchev–Trinajstić information content (AvgIpc) is 2.58. The molecule has 2 heterocycles. The summed E-state index contributed by atoms with van der Waals surface area (Å²) in [5.41, 5.74) is 5.63. The molecule has 0 radical (unpaired) electrons. The number of nitrogens with one attached hydrogen (secondary N) is 1. The summed E-state index contributed by atoms with van der Waals surface area (Å²) in [7, 11) is 1.51. The van der Waals surface area contributed by atoms with Gasteiger partial charge in [0, 0.05) is 0 Å². The Morgan fingerprint density at radius 1 is 0.958 bits per heavy atom. The summed E-state index contributed by atoms with van der Waals surface area (Å²) in [4.78, 5) is 0. The van der Waals surface area contributed by atoms with Crippen LogP contribution in [0.2, 0.25) is 0 Å². The van der Waals surface area contributed by atoms with Crippen LogP contribution in [-0.2, 0) is 14.2 Å². The van der Waals surface area contributed by atoms with Crippen molar-refractivity contribution in [3.05, 3.63) is 0 Å². The molecule has 0 aliphatic carbocycles. The highest BCUT2D eigenvalue weighted by Gasteiger charge is 2.49. The molecule has 2 saturated heterocycles. The van der Waals surface area contributed by atoms with Crippen molar-refractivity contribution >= 4 is 0 Å². The first kappa shape index (κ1) is 19.9. The summed E-state index contributed by atoms with van der Waals surface area (Å²) in [5, 5.41) is 61.2. The van der Waals surface area contributed by atoms with Gasteiger partial charge in [-0.1, -0.05) is 0 Å². The van der Waals surface area contributed by atoms with Crippen LogP contribution in [0.4, 0.5) is 0 Å². The molecule has 2 fully saturated rings. The molecule has 11 nitrogen and oxygen atoms in total. The van der Waals surface area contributed by atoms with Crippen LogP contribution < -0.4 is 11.1 Å². The predicted octanol–water partition coefficient (Wildman–Crippen LogP) is -5.20. The summed E-state index contributed by atoms with van der Waals surface area (Å²) >= 11 is 0. The molecule has 2 rings (SSSR count). The Morgan fingerprint density at radius 3 is 2.12 bits per heavy atom. The molecular formula is C13H26N2O9. The smallest absolute Gasteiger partial charge is 0.176 e. The Labute approximate surface area is 138 Å². The van der Waals surface area contributed by atoms with E-state index in [4.69, 9.17) is 19.9 Å². The van der Waals surface area contributed by atoms with E-state index in [0.717, 1.165) is 0 Å². The van der Waals surface area contributed by atoms with Crippen molar-refractivity contribution in [2.75, 3.05) is 20.3 Å². The van der Waals surface area contributed by atoms with Crippen molar-refractivity contribution in [3.63, 3.8) is 0 Å². The summed E-state index contributed by atoms with van der Waals surface area (Å²) in [6.07, 6.45) is -9.99. The Kier molecular flexibility index (Phi) is 6.87. The first-order valence-corrected chi connectivity index (χ1v) is 7.68. The van der Waals surface area contributed by atoms with Gasteiger partial charge in [-0.05, 0) is 7.05 Å². The van der Waals surface area contributed by atoms with Crippen LogP contribution in [0.5, 0.6) is 0 Å². The molecule has 4 unspecified atom stereocenters. The summed E-state index contributed by atoms with van der Waals surface area (Å²) in [5.74, 6) is 0. The molecule has 11 heteroatoms.